The van der Waals surface area contributed by atoms with Crippen LogP contribution in [0.15, 0.2) is 36.7 Å². The van der Waals surface area contributed by atoms with Gasteiger partial charge in [0.25, 0.3) is 5.91 Å². The van der Waals surface area contributed by atoms with E-state index in [1.165, 1.54) is 4.90 Å². The number of aromatic nitrogens is 2. The lowest BCUT2D eigenvalue weighted by molar-refractivity contribution is -0.136. The van der Waals surface area contributed by atoms with Crippen LogP contribution in [0.5, 0.6) is 0 Å². The molecular formula is C22H23N7O4. The smallest absolute Gasteiger partial charge is 0.321 e. The zero-order chi connectivity index (χ0) is 22.9. The first-order valence-corrected chi connectivity index (χ1v) is 10.8. The lowest BCUT2D eigenvalue weighted by atomic mass is 10.0. The third kappa shape index (κ3) is 4.09. The Labute approximate surface area is 189 Å². The van der Waals surface area contributed by atoms with Gasteiger partial charge in [0.1, 0.15) is 6.04 Å². The Kier molecular flexibility index (Phi) is 5.37. The fraction of sp³-hybridized carbons (Fsp3) is 0.364. The Bertz CT molecular complexity index is 1110. The van der Waals surface area contributed by atoms with Gasteiger partial charge in [-0.2, -0.15) is 0 Å². The first kappa shape index (κ1) is 20.9. The Hall–Kier alpha value is -4.02. The molecule has 2 N–H and O–H groups in total. The summed E-state index contributed by atoms with van der Waals surface area (Å²) < 4.78 is 0. The molecule has 1 atom stereocenters. The molecule has 2 aromatic rings. The summed E-state index contributed by atoms with van der Waals surface area (Å²) in [6.07, 6.45) is 3.91. The molecule has 33 heavy (non-hydrogen) atoms. The van der Waals surface area contributed by atoms with Gasteiger partial charge in [0.2, 0.25) is 17.8 Å². The van der Waals surface area contributed by atoms with Gasteiger partial charge in [0.05, 0.1) is 0 Å². The number of nitrogens with zero attached hydrogens (tertiary/aromatic N) is 5. The lowest BCUT2D eigenvalue weighted by Crippen LogP contribution is -2.52. The number of piperidine rings is 1. The molecule has 4 heterocycles. The van der Waals surface area contributed by atoms with Gasteiger partial charge in [-0.25, -0.2) is 14.8 Å². The molecule has 11 heteroatoms. The number of amides is 5. The first-order valence-electron chi connectivity index (χ1n) is 10.8. The molecule has 2 fully saturated rings. The van der Waals surface area contributed by atoms with E-state index in [4.69, 9.17) is 0 Å². The molecule has 1 aromatic carbocycles. The van der Waals surface area contributed by atoms with Crippen LogP contribution >= 0.6 is 0 Å². The maximum Gasteiger partial charge on any atom is 0.321 e. The topological polar surface area (TPSA) is 128 Å². The predicted octanol–water partition coefficient (Wildman–Crippen LogP) is 0.592. The lowest BCUT2D eigenvalue weighted by Gasteiger charge is -2.34. The summed E-state index contributed by atoms with van der Waals surface area (Å²) in [6, 6.07) is 6.02. The number of urea groups is 1. The van der Waals surface area contributed by atoms with Crippen LogP contribution in [0, 0.1) is 0 Å². The first-order chi connectivity index (χ1) is 16.0. The summed E-state index contributed by atoms with van der Waals surface area (Å²) in [5.41, 5.74) is 1.84. The molecule has 3 aliphatic heterocycles. The van der Waals surface area contributed by atoms with Crippen LogP contribution in [-0.4, -0.2) is 75.7 Å². The van der Waals surface area contributed by atoms with Gasteiger partial charge in [-0.3, -0.25) is 19.7 Å². The second-order valence-corrected chi connectivity index (χ2v) is 8.22. The molecule has 1 aromatic heterocycles. The van der Waals surface area contributed by atoms with E-state index in [0.29, 0.717) is 49.8 Å². The number of nitrogens with one attached hydrogen (secondary N) is 2. The number of imide groups is 1. The summed E-state index contributed by atoms with van der Waals surface area (Å²) in [4.78, 5) is 62.9. The van der Waals surface area contributed by atoms with Crippen LogP contribution in [0.1, 0.15) is 28.8 Å². The van der Waals surface area contributed by atoms with Crippen LogP contribution in [0.2, 0.25) is 0 Å². The van der Waals surface area contributed by atoms with Gasteiger partial charge in [0.15, 0.2) is 0 Å². The fourth-order valence-corrected chi connectivity index (χ4v) is 4.42. The van der Waals surface area contributed by atoms with Crippen molar-refractivity contribution in [1.82, 2.24) is 25.1 Å². The van der Waals surface area contributed by atoms with Crippen molar-refractivity contribution in [1.29, 1.82) is 0 Å². The largest absolute Gasteiger partial charge is 0.337 e. The minimum Gasteiger partial charge on any atom is -0.337 e. The van der Waals surface area contributed by atoms with Crippen LogP contribution in [-0.2, 0) is 16.1 Å². The molecule has 170 valence electrons. The van der Waals surface area contributed by atoms with Crippen LogP contribution in [0.3, 0.4) is 0 Å². The quantitative estimate of drug-likeness (QED) is 0.657. The monoisotopic (exact) mass is 449 g/mol. The number of anilines is 2. The number of benzene rings is 1. The third-order valence-corrected chi connectivity index (χ3v) is 6.18. The molecule has 5 amide bonds. The molecule has 3 aliphatic rings. The van der Waals surface area contributed by atoms with E-state index in [2.05, 4.69) is 20.6 Å². The highest BCUT2D eigenvalue weighted by atomic mass is 16.2. The number of hydrogen-bond donors (Lipinski definition) is 2. The van der Waals surface area contributed by atoms with Gasteiger partial charge in [-0.15, -0.1) is 0 Å². The summed E-state index contributed by atoms with van der Waals surface area (Å²) in [7, 11) is 0. The molecule has 0 aliphatic carbocycles. The van der Waals surface area contributed by atoms with Crippen molar-refractivity contribution in [2.24, 2.45) is 0 Å². The molecule has 0 bridgehead atoms. The molecule has 0 radical (unpaired) electrons. The van der Waals surface area contributed by atoms with Crippen molar-refractivity contribution in [3.63, 3.8) is 0 Å². The Morgan fingerprint density at radius 3 is 2.55 bits per heavy atom. The number of fused-ring (bicyclic) bond motifs is 1. The molecule has 1 unspecified atom stereocenters. The molecular weight excluding hydrogens is 426 g/mol. The highest BCUT2D eigenvalue weighted by Gasteiger charge is 2.39. The van der Waals surface area contributed by atoms with E-state index in [0.717, 1.165) is 5.56 Å². The number of carbonyl (C=O) groups excluding carboxylic acids is 4. The predicted molar refractivity (Wildman–Crippen MR) is 117 cm³/mol. The summed E-state index contributed by atoms with van der Waals surface area (Å²) in [5, 5.41) is 5.20. The third-order valence-electron chi connectivity index (χ3n) is 6.18. The minimum atomic E-state index is -0.662. The van der Waals surface area contributed by atoms with E-state index in [-0.39, 0.29) is 30.8 Å². The molecule has 2 saturated heterocycles. The minimum absolute atomic E-state index is 0.210. The van der Waals surface area contributed by atoms with E-state index >= 15 is 0 Å². The second-order valence-electron chi connectivity index (χ2n) is 8.22. The number of hydrogen-bond acceptors (Lipinski definition) is 7. The highest BCUT2D eigenvalue weighted by Crippen LogP contribution is 2.29. The zero-order valence-electron chi connectivity index (χ0n) is 17.9. The summed E-state index contributed by atoms with van der Waals surface area (Å²) in [5.74, 6) is -0.346. The maximum atomic E-state index is 12.8. The van der Waals surface area contributed by atoms with Gasteiger partial charge in [-0.05, 0) is 36.2 Å². The summed E-state index contributed by atoms with van der Waals surface area (Å²) >= 11 is 0. The number of piperazine rings is 1. The SMILES string of the molecule is O=C1CCC(N2Cc3cc(NC(=O)N4CCN(c5ncccn5)CC4)ccc3C2=O)C(=O)N1. The van der Waals surface area contributed by atoms with E-state index in [1.54, 1.807) is 41.6 Å². The Morgan fingerprint density at radius 2 is 1.82 bits per heavy atom. The zero-order valence-corrected chi connectivity index (χ0v) is 17.9. The molecule has 0 spiro atoms. The number of carbonyl (C=O) groups is 4. The highest BCUT2D eigenvalue weighted by molar-refractivity contribution is 6.05. The van der Waals surface area contributed by atoms with Gasteiger partial charge in [-0.1, -0.05) is 0 Å². The normalized spacial score (nSPS) is 20.5. The van der Waals surface area contributed by atoms with Crippen molar-refractivity contribution in [3.8, 4) is 0 Å². The van der Waals surface area contributed by atoms with Crippen molar-refractivity contribution >= 4 is 35.4 Å². The van der Waals surface area contributed by atoms with Crippen LogP contribution in [0.25, 0.3) is 0 Å². The maximum absolute atomic E-state index is 12.8. The second kappa shape index (κ2) is 8.49. The van der Waals surface area contributed by atoms with E-state index in [1.807, 2.05) is 4.90 Å². The van der Waals surface area contributed by atoms with Crippen LogP contribution < -0.4 is 15.5 Å². The van der Waals surface area contributed by atoms with Gasteiger partial charge < -0.3 is 20.0 Å². The molecule has 11 nitrogen and oxygen atoms in total. The molecule has 0 saturated carbocycles. The summed E-state index contributed by atoms with van der Waals surface area (Å²) in [6.45, 7) is 2.61. The molecule has 5 rings (SSSR count). The standard InChI is InChI=1S/C22H23N7O4/c30-18-5-4-17(19(31)26-18)29-13-14-12-15(2-3-16(14)20(29)32)25-22(33)28-10-8-27(9-11-28)21-23-6-1-7-24-21/h1-3,6-7,12,17H,4-5,8-11,13H2,(H,25,33)(H,26,30,31). The fourth-order valence-electron chi connectivity index (χ4n) is 4.42. The number of rotatable bonds is 3. The Morgan fingerprint density at radius 1 is 1.06 bits per heavy atom. The average molecular weight is 449 g/mol. The van der Waals surface area contributed by atoms with Crippen molar-refractivity contribution in [3.05, 3.63) is 47.8 Å². The van der Waals surface area contributed by atoms with Crippen LogP contribution in [0.4, 0.5) is 16.4 Å². The average Bonchev–Trinajstić information content (AvgIpc) is 3.15. The van der Waals surface area contributed by atoms with Crippen molar-refractivity contribution in [2.45, 2.75) is 25.4 Å². The Balaban J connectivity index is 1.20. The van der Waals surface area contributed by atoms with E-state index < -0.39 is 11.9 Å². The van der Waals surface area contributed by atoms with Crippen molar-refractivity contribution < 1.29 is 19.2 Å². The van der Waals surface area contributed by atoms with Gasteiger partial charge >= 0.3 is 6.03 Å². The van der Waals surface area contributed by atoms with Gasteiger partial charge in [0, 0.05) is 62.8 Å². The van der Waals surface area contributed by atoms with E-state index in [9.17, 15) is 19.2 Å². The van der Waals surface area contributed by atoms with Crippen molar-refractivity contribution in [2.75, 3.05) is 36.4 Å².